The van der Waals surface area contributed by atoms with E-state index in [1.807, 2.05) is 31.3 Å². The summed E-state index contributed by atoms with van der Waals surface area (Å²) in [4.78, 5) is 6.42. The van der Waals surface area contributed by atoms with Gasteiger partial charge in [0.05, 0.1) is 13.7 Å². The second-order valence-corrected chi connectivity index (χ2v) is 5.49. The lowest BCUT2D eigenvalue weighted by Gasteiger charge is -2.15. The predicted octanol–water partition coefficient (Wildman–Crippen LogP) is 3.31. The second kappa shape index (κ2) is 10.9. The summed E-state index contributed by atoms with van der Waals surface area (Å²) in [5.74, 6) is 0.896. The molecule has 25 heavy (non-hydrogen) atoms. The Bertz CT molecular complexity index is 679. The fourth-order valence-electron chi connectivity index (χ4n) is 2.21. The lowest BCUT2D eigenvalue weighted by atomic mass is 10.2. The normalized spacial score (nSPS) is 11.1. The zero-order valence-corrected chi connectivity index (χ0v) is 16.7. The predicted molar refractivity (Wildman–Crippen MR) is 111 cm³/mol. The molecule has 0 atom stereocenters. The van der Waals surface area contributed by atoms with Gasteiger partial charge < -0.3 is 20.7 Å². The lowest BCUT2D eigenvalue weighted by molar-refractivity contribution is 0.336. The number of rotatable bonds is 7. The van der Waals surface area contributed by atoms with Gasteiger partial charge in [0.25, 0.3) is 0 Å². The summed E-state index contributed by atoms with van der Waals surface area (Å²) in [7, 11) is 3.61. The first-order valence-corrected chi connectivity index (χ1v) is 7.71. The van der Waals surface area contributed by atoms with Gasteiger partial charge in [0.15, 0.2) is 5.96 Å². The number of hydrogen-bond acceptors (Lipinski definition) is 3. The van der Waals surface area contributed by atoms with Gasteiger partial charge in [-0.3, -0.25) is 4.99 Å². The Kier molecular flexibility index (Phi) is 9.22. The van der Waals surface area contributed by atoms with Crippen LogP contribution in [0.2, 0.25) is 0 Å². The van der Waals surface area contributed by atoms with Crippen molar-refractivity contribution in [3.05, 3.63) is 59.9 Å². The minimum absolute atomic E-state index is 0. The third kappa shape index (κ3) is 7.70. The van der Waals surface area contributed by atoms with Crippen LogP contribution in [0, 0.1) is 5.82 Å². The van der Waals surface area contributed by atoms with Gasteiger partial charge in [-0.05, 0) is 36.9 Å². The largest absolute Gasteiger partial charge is 0.497 e. The Balaban J connectivity index is 0.00000312. The van der Waals surface area contributed by atoms with Crippen LogP contribution in [-0.2, 0) is 6.54 Å². The molecule has 0 aliphatic carbocycles. The summed E-state index contributed by atoms with van der Waals surface area (Å²) < 4.78 is 18.0. The van der Waals surface area contributed by atoms with Crippen LogP contribution in [0.5, 0.6) is 5.75 Å². The second-order valence-electron chi connectivity index (χ2n) is 5.49. The Morgan fingerprint density at radius 3 is 2.64 bits per heavy atom. The number of halogens is 2. The van der Waals surface area contributed by atoms with E-state index in [0.717, 1.165) is 30.1 Å². The van der Waals surface area contributed by atoms with Crippen molar-refractivity contribution in [3.63, 3.8) is 0 Å². The SMILES string of the molecule is COc1cccc(NC(N)=NCCN(C)Cc2ccc(F)cc2)c1.I. The molecule has 0 spiro atoms. The maximum Gasteiger partial charge on any atom is 0.193 e. The molecule has 2 rings (SSSR count). The van der Waals surface area contributed by atoms with Crippen molar-refractivity contribution in [1.29, 1.82) is 0 Å². The molecule has 0 radical (unpaired) electrons. The summed E-state index contributed by atoms with van der Waals surface area (Å²) in [6.45, 7) is 2.05. The summed E-state index contributed by atoms with van der Waals surface area (Å²) in [6, 6.07) is 14.0. The standard InChI is InChI=1S/C18H23FN4O.HI/c1-23(13-14-6-8-15(19)9-7-14)11-10-21-18(20)22-16-4-3-5-17(12-16)24-2;/h3-9,12H,10-11,13H2,1-2H3,(H3,20,21,22);1H. The number of nitrogens with two attached hydrogens (primary N) is 1. The third-order valence-corrected chi connectivity index (χ3v) is 3.47. The van der Waals surface area contributed by atoms with Crippen LogP contribution >= 0.6 is 24.0 Å². The number of methoxy groups -OCH3 is 1. The first-order valence-electron chi connectivity index (χ1n) is 7.71. The molecule has 0 aliphatic rings. The van der Waals surface area contributed by atoms with Crippen LogP contribution in [0.1, 0.15) is 5.56 Å². The number of likely N-dealkylation sites (N-methyl/N-ethyl adjacent to an activating group) is 1. The third-order valence-electron chi connectivity index (χ3n) is 3.47. The summed E-state index contributed by atoms with van der Waals surface area (Å²) >= 11 is 0. The molecule has 3 N–H and O–H groups in total. The zero-order valence-electron chi connectivity index (χ0n) is 14.4. The van der Waals surface area contributed by atoms with Gasteiger partial charge in [0.1, 0.15) is 11.6 Å². The minimum Gasteiger partial charge on any atom is -0.497 e. The van der Waals surface area contributed by atoms with Crippen molar-refractivity contribution >= 4 is 35.6 Å². The highest BCUT2D eigenvalue weighted by molar-refractivity contribution is 14.0. The first-order chi connectivity index (χ1) is 11.6. The molecule has 0 aliphatic heterocycles. The average Bonchev–Trinajstić information content (AvgIpc) is 2.57. The average molecular weight is 458 g/mol. The van der Waals surface area contributed by atoms with E-state index in [1.54, 1.807) is 19.2 Å². The molecular formula is C18H24FIN4O. The van der Waals surface area contributed by atoms with E-state index in [1.165, 1.54) is 12.1 Å². The molecule has 0 saturated heterocycles. The number of guanidine groups is 1. The number of nitrogens with zero attached hydrogens (tertiary/aromatic N) is 2. The van der Waals surface area contributed by atoms with Crippen molar-refractivity contribution in [2.24, 2.45) is 10.7 Å². The van der Waals surface area contributed by atoms with Crippen LogP contribution in [-0.4, -0.2) is 38.1 Å². The molecule has 7 heteroatoms. The monoisotopic (exact) mass is 458 g/mol. The maximum atomic E-state index is 12.9. The number of ether oxygens (including phenoxy) is 1. The van der Waals surface area contributed by atoms with Crippen LogP contribution < -0.4 is 15.8 Å². The van der Waals surface area contributed by atoms with Crippen molar-refractivity contribution in [3.8, 4) is 5.75 Å². The van der Waals surface area contributed by atoms with E-state index in [9.17, 15) is 4.39 Å². The minimum atomic E-state index is -0.220. The van der Waals surface area contributed by atoms with Gasteiger partial charge in [0.2, 0.25) is 0 Å². The molecule has 2 aromatic carbocycles. The van der Waals surface area contributed by atoms with Gasteiger partial charge in [-0.25, -0.2) is 4.39 Å². The number of anilines is 1. The molecular weight excluding hydrogens is 434 g/mol. The van der Waals surface area contributed by atoms with Crippen LogP contribution in [0.3, 0.4) is 0 Å². The van der Waals surface area contributed by atoms with E-state index in [4.69, 9.17) is 10.5 Å². The molecule has 0 aromatic heterocycles. The smallest absolute Gasteiger partial charge is 0.193 e. The topological polar surface area (TPSA) is 62.9 Å². The fraction of sp³-hybridized carbons (Fsp3) is 0.278. The summed E-state index contributed by atoms with van der Waals surface area (Å²) in [5, 5.41) is 3.03. The summed E-state index contributed by atoms with van der Waals surface area (Å²) in [6.07, 6.45) is 0. The molecule has 0 amide bonds. The Morgan fingerprint density at radius 1 is 1.24 bits per heavy atom. The summed E-state index contributed by atoms with van der Waals surface area (Å²) in [5.41, 5.74) is 7.78. The van der Waals surface area contributed by atoms with E-state index in [0.29, 0.717) is 12.5 Å². The van der Waals surface area contributed by atoms with E-state index >= 15 is 0 Å². The number of aliphatic imine (C=N–C) groups is 1. The molecule has 0 heterocycles. The van der Waals surface area contributed by atoms with Crippen molar-refractivity contribution < 1.29 is 9.13 Å². The van der Waals surface area contributed by atoms with E-state index in [2.05, 4.69) is 15.2 Å². The van der Waals surface area contributed by atoms with Crippen molar-refractivity contribution in [1.82, 2.24) is 4.90 Å². The van der Waals surface area contributed by atoms with Crippen molar-refractivity contribution in [2.45, 2.75) is 6.54 Å². The zero-order chi connectivity index (χ0) is 17.4. The van der Waals surface area contributed by atoms with E-state index in [-0.39, 0.29) is 29.8 Å². The molecule has 136 valence electrons. The molecule has 0 bridgehead atoms. The lowest BCUT2D eigenvalue weighted by Crippen LogP contribution is -2.26. The molecule has 5 nitrogen and oxygen atoms in total. The van der Waals surface area contributed by atoms with Crippen LogP contribution in [0.15, 0.2) is 53.5 Å². The maximum absolute atomic E-state index is 12.9. The van der Waals surface area contributed by atoms with Crippen LogP contribution in [0.25, 0.3) is 0 Å². The van der Waals surface area contributed by atoms with Gasteiger partial charge >= 0.3 is 0 Å². The number of hydrogen-bond donors (Lipinski definition) is 2. The van der Waals surface area contributed by atoms with Gasteiger partial charge in [-0.1, -0.05) is 18.2 Å². The Labute approximate surface area is 165 Å². The quantitative estimate of drug-likeness (QED) is 0.380. The van der Waals surface area contributed by atoms with Crippen molar-refractivity contribution in [2.75, 3.05) is 32.6 Å². The first kappa shape index (κ1) is 21.2. The molecule has 0 saturated carbocycles. The van der Waals surface area contributed by atoms with E-state index < -0.39 is 0 Å². The number of benzene rings is 2. The highest BCUT2D eigenvalue weighted by Gasteiger charge is 2.01. The Morgan fingerprint density at radius 2 is 1.96 bits per heavy atom. The van der Waals surface area contributed by atoms with Gasteiger partial charge in [-0.2, -0.15) is 0 Å². The highest BCUT2D eigenvalue weighted by Crippen LogP contribution is 2.16. The van der Waals surface area contributed by atoms with Gasteiger partial charge in [-0.15, -0.1) is 24.0 Å². The fourth-order valence-corrected chi connectivity index (χ4v) is 2.21. The van der Waals surface area contributed by atoms with Gasteiger partial charge in [0, 0.05) is 24.8 Å². The van der Waals surface area contributed by atoms with Crippen LogP contribution in [0.4, 0.5) is 10.1 Å². The number of nitrogens with one attached hydrogen (secondary N) is 1. The molecule has 0 unspecified atom stereocenters. The molecule has 0 fully saturated rings. The Hall–Kier alpha value is -1.87. The molecule has 2 aromatic rings. The highest BCUT2D eigenvalue weighted by atomic mass is 127.